The predicted octanol–water partition coefficient (Wildman–Crippen LogP) is 2.38. The van der Waals surface area contributed by atoms with Crippen molar-refractivity contribution in [3.63, 3.8) is 0 Å². The number of hydrogen-bond acceptors (Lipinski definition) is 3. The van der Waals surface area contributed by atoms with Crippen molar-refractivity contribution in [1.29, 1.82) is 0 Å². The van der Waals surface area contributed by atoms with E-state index in [1.165, 1.54) is 6.07 Å². The third-order valence-corrected chi connectivity index (χ3v) is 3.16. The van der Waals surface area contributed by atoms with Crippen LogP contribution in [0.2, 0.25) is 0 Å². The van der Waals surface area contributed by atoms with Gasteiger partial charge in [0, 0.05) is 35.1 Å². The first-order valence-corrected chi connectivity index (χ1v) is 6.15. The largest absolute Gasteiger partial charge is 0.344 e. The second kappa shape index (κ2) is 7.04. The van der Waals surface area contributed by atoms with E-state index in [1.807, 2.05) is 18.2 Å². The molecule has 0 aliphatic rings. The summed E-state index contributed by atoms with van der Waals surface area (Å²) >= 11 is 0. The average Bonchev–Trinajstić information content (AvgIpc) is 2.29. The van der Waals surface area contributed by atoms with Gasteiger partial charge in [0.2, 0.25) is 0 Å². The Morgan fingerprint density at radius 1 is 0.833 bits per heavy atom. The van der Waals surface area contributed by atoms with Crippen LogP contribution in [0, 0.1) is 0 Å². The van der Waals surface area contributed by atoms with Crippen LogP contribution in [-0.2, 0) is 10.1 Å². The van der Waals surface area contributed by atoms with Crippen LogP contribution in [0.25, 0.3) is 11.1 Å². The first-order valence-electron chi connectivity index (χ1n) is 4.71. The van der Waals surface area contributed by atoms with E-state index in [2.05, 4.69) is 0 Å². The van der Waals surface area contributed by atoms with Crippen LogP contribution in [0.3, 0.4) is 0 Å². The molecule has 0 heterocycles. The molecule has 0 atom stereocenters. The third kappa shape index (κ3) is 3.91. The number of rotatable bonds is 2. The van der Waals surface area contributed by atoms with Gasteiger partial charge in [-0.05, 0) is 11.6 Å². The molecule has 4 N–H and O–H groups in total. The van der Waals surface area contributed by atoms with Crippen molar-refractivity contribution in [2.45, 2.75) is 4.90 Å². The summed E-state index contributed by atoms with van der Waals surface area (Å²) in [5.74, 6) is 0. The van der Waals surface area contributed by atoms with E-state index < -0.39 is 10.1 Å². The Hall–Kier alpha value is -0.690. The molecule has 1 radical (unpaired) electrons. The van der Waals surface area contributed by atoms with Gasteiger partial charge in [-0.2, -0.15) is 8.42 Å². The fourth-order valence-electron chi connectivity index (χ4n) is 1.55. The second-order valence-corrected chi connectivity index (χ2v) is 4.73. The molecule has 0 bridgehead atoms. The fraction of sp³-hybridized carbons (Fsp3) is 0. The Morgan fingerprint density at radius 3 is 1.89 bits per heavy atom. The van der Waals surface area contributed by atoms with E-state index in [0.717, 1.165) is 5.56 Å². The van der Waals surface area contributed by atoms with E-state index in [1.54, 1.807) is 30.3 Å². The third-order valence-electron chi connectivity index (χ3n) is 2.25. The fourth-order valence-corrected chi connectivity index (χ4v) is 2.26. The molecule has 0 saturated heterocycles. The van der Waals surface area contributed by atoms with E-state index in [-0.39, 0.29) is 40.6 Å². The van der Waals surface area contributed by atoms with Crippen LogP contribution in [0.5, 0.6) is 0 Å². The Balaban J connectivity index is 0.00000144. The van der Waals surface area contributed by atoms with Crippen LogP contribution < -0.4 is 6.15 Å². The summed E-state index contributed by atoms with van der Waals surface area (Å²) < 4.78 is 31.5. The van der Waals surface area contributed by atoms with E-state index in [9.17, 15) is 8.42 Å². The van der Waals surface area contributed by atoms with Crippen molar-refractivity contribution in [1.82, 2.24) is 6.15 Å². The quantitative estimate of drug-likeness (QED) is 0.650. The van der Waals surface area contributed by atoms with Gasteiger partial charge >= 0.3 is 0 Å². The van der Waals surface area contributed by atoms with Gasteiger partial charge < -0.3 is 6.15 Å². The molecule has 91 valence electrons. The van der Waals surface area contributed by atoms with Crippen LogP contribution >= 0.6 is 0 Å². The van der Waals surface area contributed by atoms with Gasteiger partial charge in [0.1, 0.15) is 4.90 Å². The normalized spacial score (nSPS) is 10.1. The molecule has 0 saturated carbocycles. The summed E-state index contributed by atoms with van der Waals surface area (Å²) in [6, 6.07) is 15.4. The van der Waals surface area contributed by atoms with Gasteiger partial charge in [-0.1, -0.05) is 48.5 Å². The minimum Gasteiger partial charge on any atom is -0.344 e. The second-order valence-electron chi connectivity index (χ2n) is 3.34. The molecule has 2 aromatic carbocycles. The zero-order valence-electron chi connectivity index (χ0n) is 10.1. The van der Waals surface area contributed by atoms with Gasteiger partial charge in [-0.15, -0.1) is 0 Å². The zero-order chi connectivity index (χ0) is 11.6. The van der Waals surface area contributed by atoms with Crippen LogP contribution in [-0.4, -0.2) is 42.5 Å². The molecule has 2 aromatic rings. The first kappa shape index (κ1) is 17.3. The van der Waals surface area contributed by atoms with Crippen molar-refractivity contribution in [3.05, 3.63) is 54.6 Å². The summed E-state index contributed by atoms with van der Waals surface area (Å²) in [5, 5.41) is 0. The summed E-state index contributed by atoms with van der Waals surface area (Å²) in [4.78, 5) is -0.0683. The Bertz CT molecular complexity index is 600. The van der Waals surface area contributed by atoms with Crippen molar-refractivity contribution in [2.75, 3.05) is 0 Å². The minimum atomic E-state index is -4.18. The summed E-state index contributed by atoms with van der Waals surface area (Å²) in [5.41, 5.74) is 1.27. The topological polar surface area (TPSA) is 89.4 Å². The van der Waals surface area contributed by atoms with Crippen molar-refractivity contribution < 1.29 is 13.0 Å². The molecule has 6 heteroatoms. The first-order chi connectivity index (χ1) is 7.59. The van der Waals surface area contributed by atoms with Gasteiger partial charge in [0.15, 0.2) is 0 Å². The zero-order valence-corrected chi connectivity index (χ0v) is 12.9. The Morgan fingerprint density at radius 2 is 1.33 bits per heavy atom. The molecule has 0 aliphatic carbocycles. The summed E-state index contributed by atoms with van der Waals surface area (Å²) in [6.07, 6.45) is 0. The number of hydrogen-bond donors (Lipinski definition) is 2. The molecule has 18 heavy (non-hydrogen) atoms. The predicted molar refractivity (Wildman–Crippen MR) is 72.5 cm³/mol. The molecular weight excluding hydrogens is 261 g/mol. The summed E-state index contributed by atoms with van der Waals surface area (Å²) in [7, 11) is -4.18. The molecule has 0 fully saturated rings. The molecule has 0 aliphatic heterocycles. The van der Waals surface area contributed by atoms with Crippen LogP contribution in [0.4, 0.5) is 0 Å². The maximum absolute atomic E-state index is 11.2. The molecule has 0 aromatic heterocycles. The standard InChI is InChI=1S/C12H10O3S.H3N.Na/c13-16(14,15)12-9-5-4-8-11(12)10-6-2-1-3-7-10;;/h1-9H,(H,13,14,15);1H3;. The molecule has 4 nitrogen and oxygen atoms in total. The van der Waals surface area contributed by atoms with E-state index >= 15 is 0 Å². The Labute approximate surface area is 129 Å². The van der Waals surface area contributed by atoms with E-state index in [0.29, 0.717) is 5.56 Å². The van der Waals surface area contributed by atoms with Crippen molar-refractivity contribution in [2.24, 2.45) is 0 Å². The molecule has 0 amide bonds. The molecule has 0 spiro atoms. The maximum atomic E-state index is 11.2. The minimum absolute atomic E-state index is 0. The molecule has 2 rings (SSSR count). The maximum Gasteiger partial charge on any atom is 0.295 e. The van der Waals surface area contributed by atoms with E-state index in [4.69, 9.17) is 4.55 Å². The smallest absolute Gasteiger partial charge is 0.295 e. The van der Waals surface area contributed by atoms with Crippen LogP contribution in [0.15, 0.2) is 59.5 Å². The SMILES string of the molecule is N.O=S(=O)(O)c1ccccc1-c1ccccc1.[Na]. The van der Waals surface area contributed by atoms with Gasteiger partial charge in [-0.3, -0.25) is 4.55 Å². The van der Waals surface area contributed by atoms with Crippen molar-refractivity contribution >= 4 is 39.7 Å². The van der Waals surface area contributed by atoms with Crippen molar-refractivity contribution in [3.8, 4) is 11.1 Å². The average molecular weight is 274 g/mol. The summed E-state index contributed by atoms with van der Waals surface area (Å²) in [6.45, 7) is 0. The Kier molecular flexibility index (Phi) is 6.77. The monoisotopic (exact) mass is 274 g/mol. The molecular formula is C12H13NNaO3S. The number of benzene rings is 2. The van der Waals surface area contributed by atoms with Crippen LogP contribution in [0.1, 0.15) is 0 Å². The van der Waals surface area contributed by atoms with Gasteiger partial charge in [0.25, 0.3) is 10.1 Å². The van der Waals surface area contributed by atoms with Gasteiger partial charge in [0.05, 0.1) is 0 Å². The van der Waals surface area contributed by atoms with Gasteiger partial charge in [-0.25, -0.2) is 0 Å². The molecule has 0 unspecified atom stereocenters.